The molecule has 0 fully saturated rings. The monoisotopic (exact) mass is 181 g/mol. The number of pyridine rings is 1. The second-order valence-corrected chi connectivity index (χ2v) is 2.67. The molecule has 1 aromatic rings. The Hall–Kier alpha value is -1.62. The van der Waals surface area contributed by atoms with Crippen molar-refractivity contribution in [2.24, 2.45) is 11.5 Å². The zero-order valence-corrected chi connectivity index (χ0v) is 7.06. The van der Waals surface area contributed by atoms with Crippen LogP contribution in [0, 0.1) is 0 Å². The fourth-order valence-electron chi connectivity index (χ4n) is 0.993. The van der Waals surface area contributed by atoms with Gasteiger partial charge < -0.3 is 16.0 Å². The molecule has 0 radical (unpaired) electrons. The average molecular weight is 181 g/mol. The van der Waals surface area contributed by atoms with Gasteiger partial charge in [0.15, 0.2) is 0 Å². The summed E-state index contributed by atoms with van der Waals surface area (Å²) < 4.78 is 1.24. The van der Waals surface area contributed by atoms with Crippen molar-refractivity contribution in [1.29, 1.82) is 0 Å². The zero-order chi connectivity index (χ0) is 9.84. The Balaban J connectivity index is 3.04. The number of carbonyl (C=O) groups is 1. The number of carbonyl (C=O) groups excluding carboxylic acids is 1. The van der Waals surface area contributed by atoms with Gasteiger partial charge in [0.1, 0.15) is 6.54 Å². The number of aromatic nitrogens is 1. The number of rotatable bonds is 3. The van der Waals surface area contributed by atoms with Gasteiger partial charge in [-0.05, 0) is 5.56 Å². The molecule has 0 bridgehead atoms. The lowest BCUT2D eigenvalue weighted by Crippen LogP contribution is -2.27. The lowest BCUT2D eigenvalue weighted by Gasteiger charge is -2.03. The molecule has 0 saturated carbocycles. The van der Waals surface area contributed by atoms with E-state index in [0.29, 0.717) is 6.54 Å². The van der Waals surface area contributed by atoms with E-state index < -0.39 is 5.91 Å². The first-order chi connectivity index (χ1) is 6.13. The van der Waals surface area contributed by atoms with E-state index in [-0.39, 0.29) is 12.1 Å². The number of hydrogen-bond acceptors (Lipinski definition) is 3. The van der Waals surface area contributed by atoms with E-state index in [1.807, 2.05) is 0 Å². The maximum atomic E-state index is 11.1. The number of primary amides is 1. The van der Waals surface area contributed by atoms with E-state index >= 15 is 0 Å². The topological polar surface area (TPSA) is 91.1 Å². The van der Waals surface area contributed by atoms with Crippen molar-refractivity contribution in [2.45, 2.75) is 13.1 Å². The largest absolute Gasteiger partial charge is 0.368 e. The first kappa shape index (κ1) is 9.47. The number of nitrogens with zero attached hydrogens (tertiary/aromatic N) is 1. The third-order valence-corrected chi connectivity index (χ3v) is 1.61. The van der Waals surface area contributed by atoms with Gasteiger partial charge >= 0.3 is 0 Å². The van der Waals surface area contributed by atoms with Gasteiger partial charge in [-0.3, -0.25) is 9.59 Å². The number of hydrogen-bond donors (Lipinski definition) is 2. The molecule has 0 saturated heterocycles. The summed E-state index contributed by atoms with van der Waals surface area (Å²) in [6, 6.07) is 2.99. The van der Waals surface area contributed by atoms with Crippen LogP contribution in [0.5, 0.6) is 0 Å². The summed E-state index contributed by atoms with van der Waals surface area (Å²) in [6.07, 6.45) is 1.53. The SMILES string of the molecule is NCc1ccc(=O)n(CC(N)=O)c1. The molecule has 0 aromatic carbocycles. The maximum Gasteiger partial charge on any atom is 0.251 e. The summed E-state index contributed by atoms with van der Waals surface area (Å²) >= 11 is 0. The first-order valence-corrected chi connectivity index (χ1v) is 3.81. The normalized spacial score (nSPS) is 9.92. The molecule has 13 heavy (non-hydrogen) atoms. The van der Waals surface area contributed by atoms with Crippen molar-refractivity contribution in [3.63, 3.8) is 0 Å². The van der Waals surface area contributed by atoms with Crippen LogP contribution in [0.25, 0.3) is 0 Å². The van der Waals surface area contributed by atoms with E-state index in [9.17, 15) is 9.59 Å². The molecule has 1 amide bonds. The van der Waals surface area contributed by atoms with Crippen molar-refractivity contribution in [1.82, 2.24) is 4.57 Å². The van der Waals surface area contributed by atoms with Crippen molar-refractivity contribution < 1.29 is 4.79 Å². The van der Waals surface area contributed by atoms with Gasteiger partial charge in [0, 0.05) is 18.8 Å². The van der Waals surface area contributed by atoms with Crippen LogP contribution in [-0.4, -0.2) is 10.5 Å². The van der Waals surface area contributed by atoms with Crippen LogP contribution < -0.4 is 17.0 Å². The highest BCUT2D eigenvalue weighted by Gasteiger charge is 2.00. The second kappa shape index (κ2) is 3.86. The lowest BCUT2D eigenvalue weighted by atomic mass is 10.3. The van der Waals surface area contributed by atoms with Gasteiger partial charge in [-0.2, -0.15) is 0 Å². The zero-order valence-electron chi connectivity index (χ0n) is 7.06. The standard InChI is InChI=1S/C8H11N3O2/c9-3-6-1-2-8(13)11(4-6)5-7(10)12/h1-2,4H,3,5,9H2,(H2,10,12). The van der Waals surface area contributed by atoms with Gasteiger partial charge in [0.2, 0.25) is 5.91 Å². The molecule has 0 atom stereocenters. The van der Waals surface area contributed by atoms with Crippen molar-refractivity contribution in [3.05, 3.63) is 34.2 Å². The van der Waals surface area contributed by atoms with Crippen LogP contribution in [0.15, 0.2) is 23.1 Å². The van der Waals surface area contributed by atoms with Gasteiger partial charge in [-0.1, -0.05) is 6.07 Å². The minimum atomic E-state index is -0.545. The van der Waals surface area contributed by atoms with Gasteiger partial charge in [0.25, 0.3) is 5.56 Å². The predicted octanol–water partition coefficient (Wildman–Crippen LogP) is -1.21. The summed E-state index contributed by atoms with van der Waals surface area (Å²) in [5.41, 5.74) is 10.9. The minimum absolute atomic E-state index is 0.104. The van der Waals surface area contributed by atoms with Crippen molar-refractivity contribution in [2.75, 3.05) is 0 Å². The summed E-state index contributed by atoms with van der Waals surface area (Å²) in [7, 11) is 0. The van der Waals surface area contributed by atoms with Crippen molar-refractivity contribution in [3.8, 4) is 0 Å². The van der Waals surface area contributed by atoms with Gasteiger partial charge in [-0.25, -0.2) is 0 Å². The van der Waals surface area contributed by atoms with Gasteiger partial charge in [0.05, 0.1) is 0 Å². The van der Waals surface area contributed by atoms with Crippen molar-refractivity contribution >= 4 is 5.91 Å². The molecule has 0 aliphatic carbocycles. The van der Waals surface area contributed by atoms with Gasteiger partial charge in [-0.15, -0.1) is 0 Å². The van der Waals surface area contributed by atoms with E-state index in [2.05, 4.69) is 0 Å². The van der Waals surface area contributed by atoms with Crippen LogP contribution in [0.1, 0.15) is 5.56 Å². The molecule has 1 rings (SSSR count). The predicted molar refractivity (Wildman–Crippen MR) is 47.8 cm³/mol. The summed E-state index contributed by atoms with van der Waals surface area (Å²) in [5, 5.41) is 0. The molecule has 5 heteroatoms. The van der Waals surface area contributed by atoms with E-state index in [0.717, 1.165) is 5.56 Å². The third-order valence-electron chi connectivity index (χ3n) is 1.61. The molecule has 1 heterocycles. The molecule has 1 aromatic heterocycles. The Labute approximate surface area is 75.0 Å². The molecule has 4 N–H and O–H groups in total. The lowest BCUT2D eigenvalue weighted by molar-refractivity contribution is -0.118. The minimum Gasteiger partial charge on any atom is -0.368 e. The molecular formula is C8H11N3O2. The molecular weight excluding hydrogens is 170 g/mol. The molecule has 0 aliphatic rings. The van der Waals surface area contributed by atoms with Crippen LogP contribution in [0.3, 0.4) is 0 Å². The molecule has 0 aliphatic heterocycles. The maximum absolute atomic E-state index is 11.1. The van der Waals surface area contributed by atoms with E-state index in [1.165, 1.54) is 16.8 Å². The van der Waals surface area contributed by atoms with Crippen LogP contribution in [0.4, 0.5) is 0 Å². The van der Waals surface area contributed by atoms with E-state index in [4.69, 9.17) is 11.5 Å². The summed E-state index contributed by atoms with van der Waals surface area (Å²) in [4.78, 5) is 21.7. The third kappa shape index (κ3) is 2.41. The average Bonchev–Trinajstić information content (AvgIpc) is 2.08. The quantitative estimate of drug-likeness (QED) is 0.613. The Morgan fingerprint density at radius 3 is 2.69 bits per heavy atom. The molecule has 0 spiro atoms. The second-order valence-electron chi connectivity index (χ2n) is 2.67. The number of amides is 1. The molecule has 5 nitrogen and oxygen atoms in total. The molecule has 70 valence electrons. The summed E-state index contributed by atoms with van der Waals surface area (Å²) in [5.74, 6) is -0.545. The van der Waals surface area contributed by atoms with E-state index in [1.54, 1.807) is 6.07 Å². The van der Waals surface area contributed by atoms with Crippen LogP contribution in [-0.2, 0) is 17.9 Å². The fraction of sp³-hybridized carbons (Fsp3) is 0.250. The Morgan fingerprint density at radius 2 is 2.15 bits per heavy atom. The number of nitrogens with two attached hydrogens (primary N) is 2. The fourth-order valence-corrected chi connectivity index (χ4v) is 0.993. The Morgan fingerprint density at radius 1 is 1.46 bits per heavy atom. The van der Waals surface area contributed by atoms with Crippen LogP contribution >= 0.6 is 0 Å². The van der Waals surface area contributed by atoms with Crippen LogP contribution in [0.2, 0.25) is 0 Å². The smallest absolute Gasteiger partial charge is 0.251 e. The Kier molecular flexibility index (Phi) is 2.81. The summed E-state index contributed by atoms with van der Waals surface area (Å²) in [6.45, 7) is 0.228. The highest BCUT2D eigenvalue weighted by Crippen LogP contribution is 1.93. The Bertz CT molecular complexity index is 370. The first-order valence-electron chi connectivity index (χ1n) is 3.81. The highest BCUT2D eigenvalue weighted by atomic mass is 16.2. The highest BCUT2D eigenvalue weighted by molar-refractivity contribution is 5.73. The molecule has 0 unspecified atom stereocenters.